The summed E-state index contributed by atoms with van der Waals surface area (Å²) < 4.78 is 1.87. The number of thioether (sulfide) groups is 1. The zero-order valence-corrected chi connectivity index (χ0v) is 16.5. The lowest BCUT2D eigenvalue weighted by Crippen LogP contribution is -2.34. The van der Waals surface area contributed by atoms with Gasteiger partial charge in [-0.25, -0.2) is 0 Å². The fourth-order valence-electron chi connectivity index (χ4n) is 3.13. The zero-order chi connectivity index (χ0) is 19.0. The van der Waals surface area contributed by atoms with Crippen LogP contribution in [-0.2, 0) is 18.3 Å². The molecular weight excluding hydrogens is 348 g/mol. The topological polar surface area (TPSA) is 76.0 Å². The average molecular weight is 372 g/mol. The van der Waals surface area contributed by atoms with Gasteiger partial charge in [0.1, 0.15) is 0 Å². The highest BCUT2D eigenvalue weighted by atomic mass is 32.2. The van der Waals surface area contributed by atoms with Crippen LogP contribution in [0.15, 0.2) is 23.1 Å². The standard InChI is InChI=1S/C19H24N4O2S/c1-10(8-15-11(2)22-23(5)12(15)3)20-19(25)14-6-7-17-16(9-14)21-18(24)13(4)26-17/h6-7,9-10,13H,8H2,1-5H3,(H,20,25)(H,21,24)/t10-,13+/m1/s1. The van der Waals surface area contributed by atoms with Crippen molar-refractivity contribution in [2.75, 3.05) is 5.32 Å². The van der Waals surface area contributed by atoms with Crippen molar-refractivity contribution in [3.8, 4) is 0 Å². The number of rotatable bonds is 4. The summed E-state index contributed by atoms with van der Waals surface area (Å²) in [5.41, 5.74) is 4.53. The normalized spacial score (nSPS) is 17.4. The smallest absolute Gasteiger partial charge is 0.251 e. The molecule has 0 saturated carbocycles. The summed E-state index contributed by atoms with van der Waals surface area (Å²) in [6.07, 6.45) is 0.728. The molecule has 2 atom stereocenters. The van der Waals surface area contributed by atoms with Crippen LogP contribution in [0.1, 0.15) is 41.2 Å². The van der Waals surface area contributed by atoms with Gasteiger partial charge in [0, 0.05) is 29.2 Å². The zero-order valence-electron chi connectivity index (χ0n) is 15.7. The number of fused-ring (bicyclic) bond motifs is 1. The van der Waals surface area contributed by atoms with Crippen molar-refractivity contribution in [3.05, 3.63) is 40.7 Å². The number of carbonyl (C=O) groups excluding carboxylic acids is 2. The average Bonchev–Trinajstić information content (AvgIpc) is 2.81. The number of hydrogen-bond acceptors (Lipinski definition) is 4. The monoisotopic (exact) mass is 372 g/mol. The van der Waals surface area contributed by atoms with E-state index in [1.165, 1.54) is 17.3 Å². The first-order valence-electron chi connectivity index (χ1n) is 8.67. The molecular formula is C19H24N4O2S. The summed E-state index contributed by atoms with van der Waals surface area (Å²) in [5.74, 6) is -0.173. The quantitative estimate of drug-likeness (QED) is 0.865. The number of aromatic nitrogens is 2. The van der Waals surface area contributed by atoms with Gasteiger partial charge in [-0.1, -0.05) is 0 Å². The van der Waals surface area contributed by atoms with E-state index < -0.39 is 0 Å². The highest BCUT2D eigenvalue weighted by Gasteiger charge is 2.24. The van der Waals surface area contributed by atoms with E-state index in [4.69, 9.17) is 0 Å². The number of carbonyl (C=O) groups is 2. The highest BCUT2D eigenvalue weighted by molar-refractivity contribution is 8.00. The van der Waals surface area contributed by atoms with E-state index >= 15 is 0 Å². The van der Waals surface area contributed by atoms with Crippen molar-refractivity contribution >= 4 is 29.3 Å². The highest BCUT2D eigenvalue weighted by Crippen LogP contribution is 2.35. The number of anilines is 1. The maximum atomic E-state index is 12.6. The second kappa shape index (κ2) is 7.15. The summed E-state index contributed by atoms with van der Waals surface area (Å²) in [4.78, 5) is 25.4. The Morgan fingerprint density at radius 3 is 2.81 bits per heavy atom. The Hall–Kier alpha value is -2.28. The van der Waals surface area contributed by atoms with Crippen molar-refractivity contribution < 1.29 is 9.59 Å². The largest absolute Gasteiger partial charge is 0.349 e. The summed E-state index contributed by atoms with van der Waals surface area (Å²) in [7, 11) is 1.93. The van der Waals surface area contributed by atoms with Gasteiger partial charge in [-0.05, 0) is 57.9 Å². The van der Waals surface area contributed by atoms with E-state index in [1.54, 1.807) is 12.1 Å². The molecule has 1 aromatic carbocycles. The van der Waals surface area contributed by atoms with E-state index in [0.29, 0.717) is 11.3 Å². The molecule has 6 nitrogen and oxygen atoms in total. The molecule has 1 aliphatic heterocycles. The molecule has 2 N–H and O–H groups in total. The maximum Gasteiger partial charge on any atom is 0.251 e. The molecule has 1 aliphatic rings. The van der Waals surface area contributed by atoms with Gasteiger partial charge >= 0.3 is 0 Å². The van der Waals surface area contributed by atoms with Crippen LogP contribution >= 0.6 is 11.8 Å². The van der Waals surface area contributed by atoms with Crippen molar-refractivity contribution in [3.63, 3.8) is 0 Å². The molecule has 7 heteroatoms. The summed E-state index contributed by atoms with van der Waals surface area (Å²) in [5, 5.41) is 10.2. The van der Waals surface area contributed by atoms with Crippen LogP contribution in [0.5, 0.6) is 0 Å². The third-order valence-corrected chi connectivity index (χ3v) is 5.90. The van der Waals surface area contributed by atoms with Gasteiger partial charge in [-0.3, -0.25) is 14.3 Å². The molecule has 3 rings (SSSR count). The van der Waals surface area contributed by atoms with Crippen LogP contribution in [0, 0.1) is 13.8 Å². The van der Waals surface area contributed by atoms with Crippen LogP contribution < -0.4 is 10.6 Å². The number of amides is 2. The third kappa shape index (κ3) is 3.62. The van der Waals surface area contributed by atoms with Crippen molar-refractivity contribution in [2.45, 2.75) is 50.3 Å². The Balaban J connectivity index is 1.70. The second-order valence-corrected chi connectivity index (χ2v) is 8.19. The number of nitrogens with zero attached hydrogens (tertiary/aromatic N) is 2. The first-order valence-corrected chi connectivity index (χ1v) is 9.55. The number of benzene rings is 1. The molecule has 0 unspecified atom stereocenters. The molecule has 26 heavy (non-hydrogen) atoms. The molecule has 2 amide bonds. The molecule has 0 radical (unpaired) electrons. The lowest BCUT2D eigenvalue weighted by atomic mass is 10.0. The predicted molar refractivity (Wildman–Crippen MR) is 104 cm³/mol. The van der Waals surface area contributed by atoms with Crippen molar-refractivity contribution in [1.29, 1.82) is 0 Å². The fourth-order valence-corrected chi connectivity index (χ4v) is 4.06. The van der Waals surface area contributed by atoms with Gasteiger partial charge in [0.25, 0.3) is 5.91 Å². The molecule has 2 aromatic rings. The summed E-state index contributed by atoms with van der Waals surface area (Å²) in [6, 6.07) is 5.42. The molecule has 138 valence electrons. The minimum absolute atomic E-state index is 0.0240. The van der Waals surface area contributed by atoms with Crippen LogP contribution in [0.4, 0.5) is 5.69 Å². The number of aryl methyl sites for hydroxylation is 2. The third-order valence-electron chi connectivity index (χ3n) is 4.72. The molecule has 0 saturated heterocycles. The molecule has 0 spiro atoms. The van der Waals surface area contributed by atoms with E-state index in [9.17, 15) is 9.59 Å². The van der Waals surface area contributed by atoms with Crippen molar-refractivity contribution in [1.82, 2.24) is 15.1 Å². The Bertz CT molecular complexity index is 875. The van der Waals surface area contributed by atoms with E-state index in [1.807, 2.05) is 45.5 Å². The Kier molecular flexibility index (Phi) is 5.09. The first-order chi connectivity index (χ1) is 12.3. The van der Waals surface area contributed by atoms with Crippen LogP contribution in [0.3, 0.4) is 0 Å². The molecule has 0 bridgehead atoms. The summed E-state index contributed by atoms with van der Waals surface area (Å²) >= 11 is 1.51. The van der Waals surface area contributed by atoms with Gasteiger partial charge < -0.3 is 10.6 Å². The Morgan fingerprint density at radius 1 is 1.42 bits per heavy atom. The summed E-state index contributed by atoms with van der Waals surface area (Å²) in [6.45, 7) is 7.88. The Morgan fingerprint density at radius 2 is 2.15 bits per heavy atom. The van der Waals surface area contributed by atoms with Gasteiger partial charge in [0.15, 0.2) is 0 Å². The number of hydrogen-bond donors (Lipinski definition) is 2. The minimum Gasteiger partial charge on any atom is -0.349 e. The predicted octanol–water partition coefficient (Wildman–Crippen LogP) is 2.83. The van der Waals surface area contributed by atoms with E-state index in [0.717, 1.165) is 22.7 Å². The lowest BCUT2D eigenvalue weighted by molar-refractivity contribution is -0.115. The van der Waals surface area contributed by atoms with E-state index in [-0.39, 0.29) is 23.1 Å². The maximum absolute atomic E-state index is 12.6. The van der Waals surface area contributed by atoms with Gasteiger partial charge in [-0.15, -0.1) is 11.8 Å². The molecule has 0 fully saturated rings. The van der Waals surface area contributed by atoms with Gasteiger partial charge in [-0.2, -0.15) is 5.10 Å². The fraction of sp³-hybridized carbons (Fsp3) is 0.421. The second-order valence-electron chi connectivity index (χ2n) is 6.81. The van der Waals surface area contributed by atoms with Gasteiger partial charge in [0.2, 0.25) is 5.91 Å². The van der Waals surface area contributed by atoms with E-state index in [2.05, 4.69) is 15.7 Å². The van der Waals surface area contributed by atoms with Crippen molar-refractivity contribution in [2.24, 2.45) is 7.05 Å². The lowest BCUT2D eigenvalue weighted by Gasteiger charge is -2.22. The number of nitrogens with one attached hydrogen (secondary N) is 2. The van der Waals surface area contributed by atoms with Crippen LogP contribution in [-0.4, -0.2) is 32.9 Å². The van der Waals surface area contributed by atoms with Gasteiger partial charge in [0.05, 0.1) is 16.6 Å². The Labute approximate surface area is 157 Å². The molecule has 1 aromatic heterocycles. The van der Waals surface area contributed by atoms with Crippen LogP contribution in [0.25, 0.3) is 0 Å². The molecule has 0 aliphatic carbocycles. The SMILES string of the molecule is Cc1nn(C)c(C)c1C[C@@H](C)NC(=O)c1ccc2c(c1)NC(=O)[C@H](C)S2. The van der Waals surface area contributed by atoms with Crippen LogP contribution in [0.2, 0.25) is 0 Å². The minimum atomic E-state index is -0.141. The first kappa shape index (κ1) is 18.5. The molecule has 2 heterocycles.